The summed E-state index contributed by atoms with van der Waals surface area (Å²) in [6.45, 7) is 6.13. The number of hydrogen-bond acceptors (Lipinski definition) is 5. The maximum absolute atomic E-state index is 13.1. The minimum absolute atomic E-state index is 0.180. The molecule has 0 atom stereocenters. The molecule has 2 N–H and O–H groups in total. The zero-order valence-electron chi connectivity index (χ0n) is 14.4. The van der Waals surface area contributed by atoms with Crippen molar-refractivity contribution in [2.75, 3.05) is 10.6 Å². The molecule has 0 aliphatic heterocycles. The van der Waals surface area contributed by atoms with Crippen LogP contribution in [0, 0.1) is 5.82 Å². The van der Waals surface area contributed by atoms with E-state index in [1.54, 1.807) is 24.5 Å². The van der Waals surface area contributed by atoms with Gasteiger partial charge in [0.05, 0.1) is 5.69 Å². The van der Waals surface area contributed by atoms with Gasteiger partial charge >= 0.3 is 0 Å². The Morgan fingerprint density at radius 1 is 1.00 bits per heavy atom. The average molecular weight is 337 g/mol. The van der Waals surface area contributed by atoms with Crippen LogP contribution < -0.4 is 10.6 Å². The Morgan fingerprint density at radius 3 is 2.40 bits per heavy atom. The molecule has 3 aromatic rings. The van der Waals surface area contributed by atoms with Gasteiger partial charge in [0.2, 0.25) is 5.95 Å². The highest BCUT2D eigenvalue weighted by Gasteiger charge is 2.14. The molecule has 128 valence electrons. The maximum Gasteiger partial charge on any atom is 0.225 e. The van der Waals surface area contributed by atoms with Gasteiger partial charge in [0, 0.05) is 35.2 Å². The fraction of sp³-hybridized carbons (Fsp3) is 0.211. The average Bonchev–Trinajstić information content (AvgIpc) is 2.56. The number of anilines is 3. The predicted molar refractivity (Wildman–Crippen MR) is 98.3 cm³/mol. The van der Waals surface area contributed by atoms with Crippen molar-refractivity contribution in [3.63, 3.8) is 0 Å². The normalized spacial score (nSPS) is 11.2. The van der Waals surface area contributed by atoms with Crippen molar-refractivity contribution in [1.29, 1.82) is 0 Å². The first kappa shape index (κ1) is 16.8. The van der Waals surface area contributed by atoms with Crippen LogP contribution in [-0.4, -0.2) is 20.5 Å². The molecule has 0 radical (unpaired) electrons. The molecule has 25 heavy (non-hydrogen) atoms. The van der Waals surface area contributed by atoms with E-state index in [9.17, 15) is 4.39 Å². The minimum atomic E-state index is -0.278. The molecule has 0 spiro atoms. The Balaban J connectivity index is 1.98. The maximum atomic E-state index is 13.1. The van der Waals surface area contributed by atoms with Crippen LogP contribution in [0.5, 0.6) is 0 Å². The summed E-state index contributed by atoms with van der Waals surface area (Å²) in [5.41, 5.74) is 2.21. The van der Waals surface area contributed by atoms with Gasteiger partial charge < -0.3 is 10.6 Å². The summed E-state index contributed by atoms with van der Waals surface area (Å²) in [6, 6.07) is 11.8. The summed E-state index contributed by atoms with van der Waals surface area (Å²) in [7, 11) is 0. The largest absolute Gasteiger partial charge is 0.350 e. The lowest BCUT2D eigenvalue weighted by molar-refractivity contribution is 0.626. The van der Waals surface area contributed by atoms with E-state index >= 15 is 0 Å². The van der Waals surface area contributed by atoms with Gasteiger partial charge in [0.1, 0.15) is 11.6 Å². The van der Waals surface area contributed by atoms with Crippen LogP contribution in [-0.2, 0) is 0 Å². The second kappa shape index (κ2) is 6.84. The first-order chi connectivity index (χ1) is 11.9. The van der Waals surface area contributed by atoms with Crippen LogP contribution in [0.1, 0.15) is 20.8 Å². The molecule has 0 aliphatic carbocycles. The first-order valence-electron chi connectivity index (χ1n) is 7.99. The zero-order chi connectivity index (χ0) is 17.9. The van der Waals surface area contributed by atoms with Crippen molar-refractivity contribution in [2.24, 2.45) is 0 Å². The molecule has 3 rings (SSSR count). The molecular formula is C19H20FN5. The minimum Gasteiger partial charge on any atom is -0.350 e. The fourth-order valence-electron chi connectivity index (χ4n) is 2.25. The summed E-state index contributed by atoms with van der Waals surface area (Å²) in [6.07, 6.45) is 3.47. The highest BCUT2D eigenvalue weighted by molar-refractivity contribution is 5.66. The Kier molecular flexibility index (Phi) is 4.61. The van der Waals surface area contributed by atoms with E-state index in [1.165, 1.54) is 12.1 Å². The van der Waals surface area contributed by atoms with Crippen LogP contribution in [0.3, 0.4) is 0 Å². The Labute approximate surface area is 146 Å². The van der Waals surface area contributed by atoms with Gasteiger partial charge in [0.25, 0.3) is 0 Å². The number of nitrogens with zero attached hydrogens (tertiary/aromatic N) is 3. The van der Waals surface area contributed by atoms with E-state index < -0.39 is 0 Å². The first-order valence-corrected chi connectivity index (χ1v) is 7.99. The molecule has 6 heteroatoms. The SMILES string of the molecule is CC(C)(C)Nc1nc(Nc2ccc(F)cc2)cc(-c2cccnc2)n1. The van der Waals surface area contributed by atoms with Crippen molar-refractivity contribution in [1.82, 2.24) is 15.0 Å². The van der Waals surface area contributed by atoms with Gasteiger partial charge in [-0.25, -0.2) is 9.37 Å². The topological polar surface area (TPSA) is 62.7 Å². The lowest BCUT2D eigenvalue weighted by atomic mass is 10.1. The third-order valence-electron chi connectivity index (χ3n) is 3.29. The summed E-state index contributed by atoms with van der Waals surface area (Å²) >= 11 is 0. The molecule has 0 amide bonds. The summed E-state index contributed by atoms with van der Waals surface area (Å²) < 4.78 is 13.1. The quantitative estimate of drug-likeness (QED) is 0.726. The number of hydrogen-bond donors (Lipinski definition) is 2. The molecule has 0 bridgehead atoms. The molecule has 0 aliphatic rings. The molecule has 0 saturated carbocycles. The van der Waals surface area contributed by atoms with Gasteiger partial charge in [-0.2, -0.15) is 4.98 Å². The smallest absolute Gasteiger partial charge is 0.225 e. The summed E-state index contributed by atoms with van der Waals surface area (Å²) in [5, 5.41) is 6.47. The number of pyridine rings is 1. The molecule has 0 saturated heterocycles. The van der Waals surface area contributed by atoms with E-state index in [0.717, 1.165) is 16.9 Å². The molecule has 0 fully saturated rings. The predicted octanol–water partition coefficient (Wildman–Crippen LogP) is 4.63. The van der Waals surface area contributed by atoms with E-state index in [2.05, 4.69) is 25.6 Å². The van der Waals surface area contributed by atoms with Gasteiger partial charge in [-0.1, -0.05) is 0 Å². The van der Waals surface area contributed by atoms with Crippen molar-refractivity contribution < 1.29 is 4.39 Å². The zero-order valence-corrected chi connectivity index (χ0v) is 14.4. The standard InChI is InChI=1S/C19H20FN5/c1-19(2,3)25-18-23-16(13-5-4-10-21-12-13)11-17(24-18)22-15-8-6-14(20)7-9-15/h4-12H,1-3H3,(H2,22,23,24,25). The van der Waals surface area contributed by atoms with Crippen molar-refractivity contribution >= 4 is 17.5 Å². The molecule has 5 nitrogen and oxygen atoms in total. The second-order valence-electron chi connectivity index (χ2n) is 6.71. The van der Waals surface area contributed by atoms with E-state index in [-0.39, 0.29) is 11.4 Å². The highest BCUT2D eigenvalue weighted by atomic mass is 19.1. The Morgan fingerprint density at radius 2 is 1.76 bits per heavy atom. The third-order valence-corrected chi connectivity index (χ3v) is 3.29. The summed E-state index contributed by atoms with van der Waals surface area (Å²) in [5.74, 6) is 0.852. The van der Waals surface area contributed by atoms with E-state index in [0.29, 0.717) is 11.8 Å². The van der Waals surface area contributed by atoms with Gasteiger partial charge in [-0.3, -0.25) is 4.98 Å². The lowest BCUT2D eigenvalue weighted by Crippen LogP contribution is -2.27. The van der Waals surface area contributed by atoms with E-state index in [1.807, 2.05) is 39.0 Å². The molecule has 1 aromatic carbocycles. The molecule has 2 heterocycles. The van der Waals surface area contributed by atoms with Crippen LogP contribution in [0.2, 0.25) is 0 Å². The molecular weight excluding hydrogens is 317 g/mol. The number of halogens is 1. The molecule has 2 aromatic heterocycles. The van der Waals surface area contributed by atoms with Gasteiger partial charge in [-0.15, -0.1) is 0 Å². The monoisotopic (exact) mass is 337 g/mol. The fourth-order valence-corrected chi connectivity index (χ4v) is 2.25. The molecule has 0 unspecified atom stereocenters. The van der Waals surface area contributed by atoms with Crippen LogP contribution in [0.25, 0.3) is 11.3 Å². The number of aromatic nitrogens is 3. The Hall–Kier alpha value is -3.02. The number of nitrogens with one attached hydrogen (secondary N) is 2. The lowest BCUT2D eigenvalue weighted by Gasteiger charge is -2.21. The summed E-state index contributed by atoms with van der Waals surface area (Å²) in [4.78, 5) is 13.2. The van der Waals surface area contributed by atoms with Crippen LogP contribution >= 0.6 is 0 Å². The van der Waals surface area contributed by atoms with Crippen molar-refractivity contribution in [3.05, 3.63) is 60.7 Å². The highest BCUT2D eigenvalue weighted by Crippen LogP contribution is 2.24. The van der Waals surface area contributed by atoms with Crippen LogP contribution in [0.4, 0.5) is 21.8 Å². The van der Waals surface area contributed by atoms with Crippen molar-refractivity contribution in [2.45, 2.75) is 26.3 Å². The van der Waals surface area contributed by atoms with E-state index in [4.69, 9.17) is 0 Å². The number of benzene rings is 1. The Bertz CT molecular complexity index is 842. The van der Waals surface area contributed by atoms with Crippen molar-refractivity contribution in [3.8, 4) is 11.3 Å². The second-order valence-corrected chi connectivity index (χ2v) is 6.71. The third kappa shape index (κ3) is 4.73. The number of rotatable bonds is 4. The van der Waals surface area contributed by atoms with Crippen LogP contribution in [0.15, 0.2) is 54.9 Å². The van der Waals surface area contributed by atoms with Gasteiger partial charge in [0.15, 0.2) is 0 Å². The van der Waals surface area contributed by atoms with Gasteiger partial charge in [-0.05, 0) is 57.2 Å².